The number of oxazole rings is 1. The molecule has 0 aliphatic carbocycles. The van der Waals surface area contributed by atoms with E-state index in [0.29, 0.717) is 12.4 Å². The minimum Gasteiger partial charge on any atom is -0.461 e. The number of aromatic nitrogens is 3. The molecule has 1 N–H and O–H groups in total. The minimum absolute atomic E-state index is 0.181. The molecule has 6 nitrogen and oxygen atoms in total. The number of hydrogen-bond acceptors (Lipinski definition) is 5. The first-order chi connectivity index (χ1) is 9.29. The van der Waals surface area contributed by atoms with Gasteiger partial charge < -0.3 is 14.1 Å². The highest BCUT2D eigenvalue weighted by Crippen LogP contribution is 2.26. The van der Waals surface area contributed by atoms with Crippen molar-refractivity contribution >= 4 is 17.0 Å². The number of aromatic amines is 1. The van der Waals surface area contributed by atoms with Crippen LogP contribution in [0.3, 0.4) is 0 Å². The number of imidazole rings is 1. The van der Waals surface area contributed by atoms with Crippen molar-refractivity contribution in [1.29, 1.82) is 0 Å². The third kappa shape index (κ3) is 1.97. The predicted octanol–water partition coefficient (Wildman–Crippen LogP) is 2.39. The number of nitrogens with one attached hydrogen (secondary N) is 1. The molecule has 0 radical (unpaired) electrons. The molecule has 3 rings (SSSR count). The number of nitrogens with zero attached hydrogens (tertiary/aromatic N) is 2. The van der Waals surface area contributed by atoms with Crippen molar-refractivity contribution in [3.63, 3.8) is 0 Å². The first-order valence-corrected chi connectivity index (χ1v) is 5.83. The number of benzene rings is 1. The summed E-state index contributed by atoms with van der Waals surface area (Å²) in [5.74, 6) is -0.0918. The van der Waals surface area contributed by atoms with Crippen LogP contribution in [0.1, 0.15) is 17.4 Å². The zero-order chi connectivity index (χ0) is 13.2. The average Bonchev–Trinajstić information content (AvgIpc) is 3.07. The summed E-state index contributed by atoms with van der Waals surface area (Å²) >= 11 is 0. The second-order valence-electron chi connectivity index (χ2n) is 3.89. The molecule has 6 heteroatoms. The molecule has 0 amide bonds. The van der Waals surface area contributed by atoms with Crippen molar-refractivity contribution < 1.29 is 13.9 Å². The number of H-pyrrole nitrogens is 1. The van der Waals surface area contributed by atoms with E-state index >= 15 is 0 Å². The maximum Gasteiger partial charge on any atom is 0.360 e. The zero-order valence-electron chi connectivity index (χ0n) is 10.2. The Bertz CT molecular complexity index is 729. The third-order valence-corrected chi connectivity index (χ3v) is 2.72. The lowest BCUT2D eigenvalue weighted by molar-refractivity contribution is 0.0520. The van der Waals surface area contributed by atoms with Crippen LogP contribution in [-0.4, -0.2) is 27.5 Å². The van der Waals surface area contributed by atoms with Crippen LogP contribution in [-0.2, 0) is 4.74 Å². The highest BCUT2D eigenvalue weighted by atomic mass is 16.5. The summed E-state index contributed by atoms with van der Waals surface area (Å²) in [5.41, 5.74) is 2.64. The number of carbonyl (C=O) groups is 1. The lowest BCUT2D eigenvalue weighted by atomic mass is 10.1. The quantitative estimate of drug-likeness (QED) is 0.728. The predicted molar refractivity (Wildman–Crippen MR) is 67.5 cm³/mol. The highest BCUT2D eigenvalue weighted by Gasteiger charge is 2.19. The monoisotopic (exact) mass is 257 g/mol. The summed E-state index contributed by atoms with van der Waals surface area (Å²) in [7, 11) is 0. The van der Waals surface area contributed by atoms with Crippen molar-refractivity contribution in [2.45, 2.75) is 6.92 Å². The van der Waals surface area contributed by atoms with Gasteiger partial charge in [0.1, 0.15) is 0 Å². The van der Waals surface area contributed by atoms with Gasteiger partial charge in [0, 0.05) is 5.56 Å². The summed E-state index contributed by atoms with van der Waals surface area (Å²) in [6.45, 7) is 2.04. The lowest BCUT2D eigenvalue weighted by Crippen LogP contribution is -2.06. The van der Waals surface area contributed by atoms with Gasteiger partial charge in [0.2, 0.25) is 0 Å². The van der Waals surface area contributed by atoms with E-state index in [2.05, 4.69) is 15.0 Å². The summed E-state index contributed by atoms with van der Waals surface area (Å²) in [6.07, 6.45) is 2.85. The molecular weight excluding hydrogens is 246 g/mol. The van der Waals surface area contributed by atoms with E-state index in [9.17, 15) is 4.79 Å². The van der Waals surface area contributed by atoms with Gasteiger partial charge in [0.05, 0.1) is 24.0 Å². The fraction of sp³-hybridized carbons (Fsp3) is 0.154. The molecule has 3 aromatic rings. The molecule has 0 atom stereocenters. The molecule has 19 heavy (non-hydrogen) atoms. The van der Waals surface area contributed by atoms with Crippen molar-refractivity contribution in [2.24, 2.45) is 0 Å². The Balaban J connectivity index is 2.06. The smallest absolute Gasteiger partial charge is 0.360 e. The normalized spacial score (nSPS) is 10.8. The van der Waals surface area contributed by atoms with E-state index in [1.54, 1.807) is 13.3 Å². The summed E-state index contributed by atoms with van der Waals surface area (Å²) in [4.78, 5) is 22.8. The van der Waals surface area contributed by atoms with E-state index in [1.165, 1.54) is 6.39 Å². The molecule has 1 aromatic carbocycles. The zero-order valence-corrected chi connectivity index (χ0v) is 10.2. The Morgan fingerprint density at radius 1 is 1.42 bits per heavy atom. The lowest BCUT2D eigenvalue weighted by Gasteiger charge is -2.01. The fourth-order valence-corrected chi connectivity index (χ4v) is 1.87. The largest absolute Gasteiger partial charge is 0.461 e. The molecule has 96 valence electrons. The Hall–Kier alpha value is -2.63. The Morgan fingerprint density at radius 2 is 2.32 bits per heavy atom. The van der Waals surface area contributed by atoms with Crippen molar-refractivity contribution in [3.05, 3.63) is 36.6 Å². The van der Waals surface area contributed by atoms with Crippen molar-refractivity contribution in [1.82, 2.24) is 15.0 Å². The summed E-state index contributed by atoms with van der Waals surface area (Å²) in [6, 6.07) is 5.52. The standard InChI is InChI=1S/C13H11N3O3/c1-2-18-13(17)11-12(19-7-16-11)8-3-4-9-10(5-8)15-6-14-9/h3-7H,2H2,1H3,(H,14,15). The maximum absolute atomic E-state index is 11.7. The Kier molecular flexibility index (Phi) is 2.75. The molecule has 0 unspecified atom stereocenters. The van der Waals surface area contributed by atoms with Crippen LogP contribution in [0, 0.1) is 0 Å². The minimum atomic E-state index is -0.490. The number of ether oxygens (including phenoxy) is 1. The molecule has 0 fully saturated rings. The van der Waals surface area contributed by atoms with Gasteiger partial charge in [-0.3, -0.25) is 0 Å². The van der Waals surface area contributed by atoms with Crippen LogP contribution >= 0.6 is 0 Å². The van der Waals surface area contributed by atoms with E-state index in [-0.39, 0.29) is 5.69 Å². The SMILES string of the molecule is CCOC(=O)c1ncoc1-c1ccc2nc[nH]c2c1. The van der Waals surface area contributed by atoms with Gasteiger partial charge in [-0.1, -0.05) is 0 Å². The number of fused-ring (bicyclic) bond motifs is 1. The number of rotatable bonds is 3. The first kappa shape index (κ1) is 11.5. The van der Waals surface area contributed by atoms with E-state index < -0.39 is 5.97 Å². The molecule has 0 saturated carbocycles. The molecule has 0 saturated heterocycles. The molecule has 0 aliphatic heterocycles. The van der Waals surface area contributed by atoms with Crippen LogP contribution in [0.25, 0.3) is 22.4 Å². The molecule has 0 bridgehead atoms. The first-order valence-electron chi connectivity index (χ1n) is 5.83. The van der Waals surface area contributed by atoms with E-state index in [4.69, 9.17) is 9.15 Å². The Labute approximate surface area is 108 Å². The van der Waals surface area contributed by atoms with Crippen LogP contribution in [0.15, 0.2) is 35.3 Å². The second kappa shape index (κ2) is 4.56. The van der Waals surface area contributed by atoms with Crippen LogP contribution in [0.2, 0.25) is 0 Å². The summed E-state index contributed by atoms with van der Waals surface area (Å²) < 4.78 is 10.2. The Morgan fingerprint density at radius 3 is 3.16 bits per heavy atom. The number of carbonyl (C=O) groups excluding carboxylic acids is 1. The summed E-state index contributed by atoms with van der Waals surface area (Å²) in [5, 5.41) is 0. The van der Waals surface area contributed by atoms with Gasteiger partial charge in [-0.05, 0) is 25.1 Å². The van der Waals surface area contributed by atoms with Crippen LogP contribution in [0.4, 0.5) is 0 Å². The molecule has 0 spiro atoms. The highest BCUT2D eigenvalue weighted by molar-refractivity contribution is 5.94. The van der Waals surface area contributed by atoms with Crippen molar-refractivity contribution in [2.75, 3.05) is 6.61 Å². The molecule has 2 aromatic heterocycles. The fourth-order valence-electron chi connectivity index (χ4n) is 1.87. The van der Waals surface area contributed by atoms with Gasteiger partial charge in [-0.25, -0.2) is 14.8 Å². The molecule has 2 heterocycles. The van der Waals surface area contributed by atoms with Crippen molar-refractivity contribution in [3.8, 4) is 11.3 Å². The van der Waals surface area contributed by atoms with Crippen LogP contribution < -0.4 is 0 Å². The third-order valence-electron chi connectivity index (χ3n) is 2.72. The molecule has 0 aliphatic rings. The van der Waals surface area contributed by atoms with E-state index in [0.717, 1.165) is 16.6 Å². The van der Waals surface area contributed by atoms with Gasteiger partial charge in [0.25, 0.3) is 0 Å². The number of hydrogen-bond donors (Lipinski definition) is 1. The van der Waals surface area contributed by atoms with Gasteiger partial charge in [-0.2, -0.15) is 0 Å². The number of esters is 1. The maximum atomic E-state index is 11.7. The second-order valence-corrected chi connectivity index (χ2v) is 3.89. The van der Waals surface area contributed by atoms with Crippen LogP contribution in [0.5, 0.6) is 0 Å². The van der Waals surface area contributed by atoms with E-state index in [1.807, 2.05) is 18.2 Å². The average molecular weight is 257 g/mol. The topological polar surface area (TPSA) is 81.0 Å². The molecular formula is C13H11N3O3. The van der Waals surface area contributed by atoms with Gasteiger partial charge >= 0.3 is 5.97 Å². The van der Waals surface area contributed by atoms with Gasteiger partial charge in [-0.15, -0.1) is 0 Å². The van der Waals surface area contributed by atoms with Gasteiger partial charge in [0.15, 0.2) is 17.8 Å².